The number of anilines is 6. The van der Waals surface area contributed by atoms with Crippen LogP contribution in [0.5, 0.6) is 0 Å². The van der Waals surface area contributed by atoms with Gasteiger partial charge in [-0.2, -0.15) is 9.97 Å². The van der Waals surface area contributed by atoms with Gasteiger partial charge in [0, 0.05) is 86.1 Å². The molecule has 0 aliphatic carbocycles. The minimum Gasteiger partial charge on any atom is -0.481 e. The lowest BCUT2D eigenvalue weighted by Gasteiger charge is -2.28. The van der Waals surface area contributed by atoms with E-state index in [0.29, 0.717) is 76.3 Å². The molecule has 0 radical (unpaired) electrons. The first-order valence-electron chi connectivity index (χ1n) is 27.8. The number of carboxylic acid groups (broad SMARTS) is 1. The predicted octanol–water partition coefficient (Wildman–Crippen LogP) is 11.4. The summed E-state index contributed by atoms with van der Waals surface area (Å²) in [5.74, 6) is -4.00. The van der Waals surface area contributed by atoms with Crippen LogP contribution in [0.2, 0.25) is 20.1 Å². The number of esters is 1. The number of carbonyl (C=O) groups is 8. The van der Waals surface area contributed by atoms with Gasteiger partial charge in [0.05, 0.1) is 52.4 Å². The third-order valence-electron chi connectivity index (χ3n) is 14.5. The highest BCUT2D eigenvalue weighted by Gasteiger charge is 2.45. The number of aryl methyl sites for hydroxylation is 2. The van der Waals surface area contributed by atoms with E-state index in [1.807, 2.05) is 0 Å². The fourth-order valence-corrected chi connectivity index (χ4v) is 11.1. The average Bonchev–Trinajstić information content (AvgIpc) is 2.03. The van der Waals surface area contributed by atoms with Crippen molar-refractivity contribution in [3.63, 3.8) is 0 Å². The van der Waals surface area contributed by atoms with Crippen LogP contribution >= 0.6 is 46.4 Å². The summed E-state index contributed by atoms with van der Waals surface area (Å²) in [7, 11) is 7.66. The highest BCUT2D eigenvalue weighted by molar-refractivity contribution is 6.36. The molecule has 3 N–H and O–H groups in total. The molecule has 0 saturated carbocycles. The molecule has 0 spiro atoms. The second kappa shape index (κ2) is 25.3. The van der Waals surface area contributed by atoms with Gasteiger partial charge in [0.1, 0.15) is 46.1 Å². The van der Waals surface area contributed by atoms with E-state index in [9.17, 15) is 38.4 Å². The first-order valence-corrected chi connectivity index (χ1v) is 29.3. The molecular formula is C61H62Cl4N12O12. The Labute approximate surface area is 529 Å². The molecule has 28 heteroatoms. The highest BCUT2D eigenvalue weighted by atomic mass is 35.5. The van der Waals surface area contributed by atoms with Crippen LogP contribution in [0.15, 0.2) is 72.8 Å². The van der Waals surface area contributed by atoms with Gasteiger partial charge >= 0.3 is 24.1 Å². The Morgan fingerprint density at radius 1 is 0.562 bits per heavy atom. The van der Waals surface area contributed by atoms with Gasteiger partial charge in [-0.05, 0) is 102 Å². The molecule has 8 heterocycles. The number of carboxylic acids is 1. The number of methoxy groups -OCH3 is 1. The minimum absolute atomic E-state index is 0.0814. The average molecular weight is 1300 g/mol. The number of ether oxygens (including phenoxy) is 3. The summed E-state index contributed by atoms with van der Waals surface area (Å²) in [6, 6.07) is 20.1. The molecule has 24 nitrogen and oxygen atoms in total. The molecule has 2 unspecified atom stereocenters. The predicted molar refractivity (Wildman–Crippen MR) is 335 cm³/mol. The Bertz CT molecular complexity index is 4230. The van der Waals surface area contributed by atoms with Gasteiger partial charge in [0.15, 0.2) is 23.2 Å². The number of carbonyl (C=O) groups excluding carboxylic acids is 7. The molecule has 8 aromatic rings. The van der Waals surface area contributed by atoms with Crippen LogP contribution in [0.4, 0.5) is 44.8 Å². The molecular weight excluding hydrogens is 1230 g/mol. The Kier molecular flexibility index (Phi) is 18.4. The summed E-state index contributed by atoms with van der Waals surface area (Å²) in [6.07, 6.45) is -1.12. The van der Waals surface area contributed by atoms with E-state index in [1.54, 1.807) is 140 Å². The van der Waals surface area contributed by atoms with E-state index in [-0.39, 0.29) is 73.4 Å². The number of rotatable bonds is 14. The van der Waals surface area contributed by atoms with E-state index in [1.165, 1.54) is 37.7 Å². The maximum absolute atomic E-state index is 14.0. The number of fused-ring (bicyclic) bond motifs is 4. The number of hydrogen-bond acceptors (Lipinski definition) is 17. The fourth-order valence-electron chi connectivity index (χ4n) is 10.3. The Hall–Kier alpha value is -8.84. The third kappa shape index (κ3) is 13.5. The maximum Gasteiger partial charge on any atom is 0.419 e. The summed E-state index contributed by atoms with van der Waals surface area (Å²) in [5, 5.41) is 17.9. The molecule has 2 aromatic carbocycles. The number of nitrogens with one attached hydrogen (secondary N) is 2. The SMILES string of the molecule is CN1C(=O)C(Cc2cc3c(Cl)cccc3n2C(=O)OC(C)(C)C)C(=O)c2c1nc(Nc1ccc(Cl)c(CCC(=O)O)n1)n2C.COC(=O)CCc1nc(Nc2nc3c(n2C)C(=O)C(Cc2cc4c(Cl)cccc4n2C(=O)OC(C)(C)C)C(=O)N3C)ccc1Cl. The zero-order valence-corrected chi connectivity index (χ0v) is 53.3. The second-order valence-corrected chi connectivity index (χ2v) is 24.7. The zero-order chi connectivity index (χ0) is 64.9. The number of pyridine rings is 2. The molecule has 466 valence electrons. The maximum atomic E-state index is 14.0. The molecule has 2 aliphatic rings. The fraction of sp³-hybridized carbons (Fsp3) is 0.344. The van der Waals surface area contributed by atoms with Gasteiger partial charge in [-0.3, -0.25) is 38.6 Å². The van der Waals surface area contributed by atoms with Crippen LogP contribution in [0, 0.1) is 11.8 Å². The molecule has 6 aromatic heterocycles. The van der Waals surface area contributed by atoms with Crippen LogP contribution in [0.3, 0.4) is 0 Å². The topological polar surface area (TPSA) is 286 Å². The molecule has 10 rings (SSSR count). The normalized spacial score (nSPS) is 15.0. The van der Waals surface area contributed by atoms with E-state index < -0.39 is 70.5 Å². The number of Topliss-reactive ketones (excluding diaryl/α,β-unsaturated/α-hetero) is 2. The third-order valence-corrected chi connectivity index (χ3v) is 15.9. The van der Waals surface area contributed by atoms with Crippen molar-refractivity contribution in [2.24, 2.45) is 25.9 Å². The summed E-state index contributed by atoms with van der Waals surface area (Å²) in [6.45, 7) is 10.5. The second-order valence-electron chi connectivity index (χ2n) is 23.1. The Morgan fingerprint density at radius 3 is 1.33 bits per heavy atom. The van der Waals surface area contributed by atoms with Crippen LogP contribution in [0.25, 0.3) is 21.8 Å². The van der Waals surface area contributed by atoms with Crippen molar-refractivity contribution in [3.8, 4) is 0 Å². The number of halogens is 4. The van der Waals surface area contributed by atoms with Crippen LogP contribution in [-0.4, -0.2) is 123 Å². The van der Waals surface area contributed by atoms with E-state index >= 15 is 0 Å². The summed E-state index contributed by atoms with van der Waals surface area (Å²) in [4.78, 5) is 125. The van der Waals surface area contributed by atoms with Crippen LogP contribution < -0.4 is 20.4 Å². The quantitative estimate of drug-likeness (QED) is 0.0518. The first-order chi connectivity index (χ1) is 41.9. The molecule has 2 aliphatic heterocycles. The molecule has 0 saturated heterocycles. The number of imidazole rings is 2. The highest BCUT2D eigenvalue weighted by Crippen LogP contribution is 2.39. The number of nitrogens with zero attached hydrogens (tertiary/aromatic N) is 10. The largest absolute Gasteiger partial charge is 0.481 e. The van der Waals surface area contributed by atoms with Crippen molar-refractivity contribution in [3.05, 3.63) is 127 Å². The standard InChI is InChI=1S/C31H32Cl2N6O6.C30H30Cl2N6O6/c1-31(2,3)45-30(43)39-16(14-17-19(32)8-7-9-22(17)39)15-18-26(41)25-27(38(5)28(18)42)36-29(37(25)4)35-23-12-10-20(33)21(34-23)11-13-24(40)44-6;1-30(2,3)44-29(43)38-15(13-16-18(31)7-6-8-21(16)38)14-17-25(41)24-26(37(5)27(17)42)35-28(36(24)4)34-22-11-9-19(32)20(33-22)10-12-23(39)40/h7-10,12,14,18H,11,13,15H2,1-6H3,(H,34,35,36);6-9,11,13,17H,10,12,14H2,1-5H3,(H,39,40)(H,33,34,35). The van der Waals surface area contributed by atoms with Gasteiger partial charge in [-0.25, -0.2) is 28.7 Å². The van der Waals surface area contributed by atoms with Gasteiger partial charge in [0.2, 0.25) is 23.7 Å². The number of ketones is 2. The number of aliphatic carboxylic acids is 1. The number of benzene rings is 2. The van der Waals surface area contributed by atoms with Crippen molar-refractivity contribution in [1.82, 2.24) is 38.2 Å². The molecule has 2 amide bonds. The van der Waals surface area contributed by atoms with E-state index in [2.05, 4.69) is 30.6 Å². The molecule has 0 fully saturated rings. The van der Waals surface area contributed by atoms with Crippen molar-refractivity contribution < 1.29 is 57.7 Å². The minimum atomic E-state index is -1.16. The number of amides is 2. The molecule has 0 bridgehead atoms. The monoisotopic (exact) mass is 1290 g/mol. The van der Waals surface area contributed by atoms with Crippen LogP contribution in [0.1, 0.15) is 98.1 Å². The van der Waals surface area contributed by atoms with Crippen molar-refractivity contribution in [1.29, 1.82) is 0 Å². The van der Waals surface area contributed by atoms with Crippen molar-refractivity contribution in [2.45, 2.75) is 91.3 Å². The summed E-state index contributed by atoms with van der Waals surface area (Å²) >= 11 is 25.4. The number of hydrogen-bond donors (Lipinski definition) is 3. The lowest BCUT2D eigenvalue weighted by Crippen LogP contribution is -2.44. The summed E-state index contributed by atoms with van der Waals surface area (Å²) < 4.78 is 21.8. The van der Waals surface area contributed by atoms with Gasteiger partial charge in [-0.1, -0.05) is 58.5 Å². The van der Waals surface area contributed by atoms with E-state index in [0.717, 1.165) is 0 Å². The van der Waals surface area contributed by atoms with Crippen molar-refractivity contribution in [2.75, 3.05) is 41.6 Å². The number of aromatic nitrogens is 8. The van der Waals surface area contributed by atoms with Gasteiger partial charge < -0.3 is 39.1 Å². The van der Waals surface area contributed by atoms with E-state index in [4.69, 9.17) is 65.7 Å². The van der Waals surface area contributed by atoms with Gasteiger partial charge in [0.25, 0.3) is 0 Å². The smallest absolute Gasteiger partial charge is 0.419 e. The molecule has 89 heavy (non-hydrogen) atoms. The Morgan fingerprint density at radius 2 is 0.955 bits per heavy atom. The van der Waals surface area contributed by atoms with Crippen LogP contribution in [-0.2, 0) is 73.2 Å². The lowest BCUT2D eigenvalue weighted by molar-refractivity contribution is -0.140. The first kappa shape index (κ1) is 64.6. The molecule has 2 atom stereocenters. The zero-order valence-electron chi connectivity index (χ0n) is 50.2. The Balaban J connectivity index is 0.000000211. The van der Waals surface area contributed by atoms with Gasteiger partial charge in [-0.15, -0.1) is 0 Å². The van der Waals surface area contributed by atoms with Crippen molar-refractivity contribution >= 4 is 151 Å². The summed E-state index contributed by atoms with van der Waals surface area (Å²) in [5.41, 5.74) is 1.50. The lowest BCUT2D eigenvalue weighted by atomic mass is 9.91.